The van der Waals surface area contributed by atoms with E-state index in [1.807, 2.05) is 32.6 Å². The summed E-state index contributed by atoms with van der Waals surface area (Å²) in [4.78, 5) is 26.6. The van der Waals surface area contributed by atoms with Crippen molar-refractivity contribution >= 4 is 33.5 Å². The number of carbonyl (C=O) groups is 2. The number of nitrogens with one attached hydrogen (secondary N) is 1. The van der Waals surface area contributed by atoms with Crippen molar-refractivity contribution in [2.75, 3.05) is 22.7 Å². The molecule has 0 aliphatic rings. The molecule has 200 valence electrons. The van der Waals surface area contributed by atoms with E-state index in [4.69, 9.17) is 9.90 Å². The SMILES string of the molecule is CC(C)CN(CC(C)C)c1ncc(NS(=O)(=O)c2cccc(F)c2)cc1C(=O)O.O=C(O)C(F)(F)F. The molecule has 1 aromatic carbocycles. The molecule has 0 spiro atoms. The predicted octanol–water partition coefficient (Wildman–Crippen LogP) is 4.47. The third-order valence-corrected chi connectivity index (χ3v) is 5.55. The maximum absolute atomic E-state index is 13.4. The highest BCUT2D eigenvalue weighted by atomic mass is 32.2. The number of pyridine rings is 1. The van der Waals surface area contributed by atoms with Gasteiger partial charge >= 0.3 is 18.1 Å². The number of carboxylic acids is 2. The van der Waals surface area contributed by atoms with Gasteiger partial charge in [0.1, 0.15) is 17.2 Å². The second-order valence-electron chi connectivity index (χ2n) is 8.46. The fraction of sp³-hybridized carbons (Fsp3) is 0.409. The molecule has 14 heteroatoms. The molecule has 2 rings (SSSR count). The van der Waals surface area contributed by atoms with E-state index in [0.29, 0.717) is 13.1 Å². The van der Waals surface area contributed by atoms with E-state index in [1.165, 1.54) is 24.4 Å². The van der Waals surface area contributed by atoms with Gasteiger partial charge in [0.05, 0.1) is 16.8 Å². The number of benzene rings is 1. The Morgan fingerprint density at radius 1 is 1.06 bits per heavy atom. The van der Waals surface area contributed by atoms with Gasteiger partial charge in [-0.25, -0.2) is 27.4 Å². The number of hydrogen-bond acceptors (Lipinski definition) is 6. The summed E-state index contributed by atoms with van der Waals surface area (Å²) in [6, 6.07) is 5.78. The van der Waals surface area contributed by atoms with Crippen molar-refractivity contribution in [2.24, 2.45) is 11.8 Å². The Morgan fingerprint density at radius 3 is 2.00 bits per heavy atom. The zero-order valence-corrected chi connectivity index (χ0v) is 20.7. The summed E-state index contributed by atoms with van der Waals surface area (Å²) in [5.41, 5.74) is -0.116. The average Bonchev–Trinajstić information content (AvgIpc) is 2.72. The lowest BCUT2D eigenvalue weighted by Crippen LogP contribution is -2.33. The lowest BCUT2D eigenvalue weighted by molar-refractivity contribution is -0.192. The van der Waals surface area contributed by atoms with Gasteiger partial charge in [0, 0.05) is 13.1 Å². The molecule has 0 saturated heterocycles. The third-order valence-electron chi connectivity index (χ3n) is 4.17. The zero-order chi connectivity index (χ0) is 27.8. The number of alkyl halides is 3. The first-order valence-electron chi connectivity index (χ1n) is 10.5. The number of aromatic carboxylic acids is 1. The Hall–Kier alpha value is -3.42. The molecule has 1 heterocycles. The molecular formula is C22H27F4N3O6S. The molecule has 0 saturated carbocycles. The molecule has 0 unspecified atom stereocenters. The van der Waals surface area contributed by atoms with Gasteiger partial charge in [-0.2, -0.15) is 13.2 Å². The van der Waals surface area contributed by atoms with Crippen LogP contribution in [0.1, 0.15) is 38.1 Å². The van der Waals surface area contributed by atoms with E-state index in [2.05, 4.69) is 9.71 Å². The molecule has 1 aromatic heterocycles. The van der Waals surface area contributed by atoms with Crippen LogP contribution in [0.4, 0.5) is 29.1 Å². The normalized spacial score (nSPS) is 11.6. The van der Waals surface area contributed by atoms with Crippen LogP contribution >= 0.6 is 0 Å². The van der Waals surface area contributed by atoms with Crippen molar-refractivity contribution < 1.29 is 45.8 Å². The van der Waals surface area contributed by atoms with E-state index in [0.717, 1.165) is 12.1 Å². The quantitative estimate of drug-likeness (QED) is 0.399. The van der Waals surface area contributed by atoms with E-state index >= 15 is 0 Å². The van der Waals surface area contributed by atoms with Gasteiger partial charge in [0.15, 0.2) is 0 Å². The highest BCUT2D eigenvalue weighted by molar-refractivity contribution is 7.92. The molecule has 0 aliphatic carbocycles. The maximum Gasteiger partial charge on any atom is 0.490 e. The van der Waals surface area contributed by atoms with Crippen LogP contribution in [-0.2, 0) is 14.8 Å². The number of hydrogen-bond donors (Lipinski definition) is 3. The Morgan fingerprint density at radius 2 is 1.58 bits per heavy atom. The fourth-order valence-electron chi connectivity index (χ4n) is 2.90. The number of sulfonamides is 1. The van der Waals surface area contributed by atoms with Gasteiger partial charge in [-0.15, -0.1) is 0 Å². The van der Waals surface area contributed by atoms with Crippen LogP contribution in [0.25, 0.3) is 0 Å². The molecule has 0 radical (unpaired) electrons. The first-order chi connectivity index (χ1) is 16.4. The molecule has 36 heavy (non-hydrogen) atoms. The second kappa shape index (κ2) is 12.5. The summed E-state index contributed by atoms with van der Waals surface area (Å²) in [7, 11) is -4.09. The molecule has 3 N–H and O–H groups in total. The van der Waals surface area contributed by atoms with Crippen molar-refractivity contribution in [2.45, 2.75) is 38.8 Å². The van der Waals surface area contributed by atoms with Crippen LogP contribution in [0.2, 0.25) is 0 Å². The van der Waals surface area contributed by atoms with E-state index in [9.17, 15) is 35.9 Å². The fourth-order valence-corrected chi connectivity index (χ4v) is 3.97. The van der Waals surface area contributed by atoms with Crippen LogP contribution in [-0.4, -0.2) is 54.8 Å². The van der Waals surface area contributed by atoms with Crippen LogP contribution in [0.3, 0.4) is 0 Å². The molecule has 0 aliphatic heterocycles. The Kier molecular flexibility index (Phi) is 10.6. The van der Waals surface area contributed by atoms with Crippen molar-refractivity contribution in [3.05, 3.63) is 47.9 Å². The Balaban J connectivity index is 0.000000809. The molecule has 0 fully saturated rings. The number of aliphatic carboxylic acids is 1. The van der Waals surface area contributed by atoms with Crippen LogP contribution in [0.5, 0.6) is 0 Å². The number of aromatic nitrogens is 1. The molecule has 0 bridgehead atoms. The largest absolute Gasteiger partial charge is 0.490 e. The first-order valence-corrected chi connectivity index (χ1v) is 12.0. The zero-order valence-electron chi connectivity index (χ0n) is 19.9. The topological polar surface area (TPSA) is 137 Å². The summed E-state index contributed by atoms with van der Waals surface area (Å²) >= 11 is 0. The minimum atomic E-state index is -5.08. The summed E-state index contributed by atoms with van der Waals surface area (Å²) in [5.74, 6) is -3.81. The van der Waals surface area contributed by atoms with Crippen molar-refractivity contribution in [3.63, 3.8) is 0 Å². The maximum atomic E-state index is 13.4. The van der Waals surface area contributed by atoms with Crippen molar-refractivity contribution in [1.82, 2.24) is 4.98 Å². The highest BCUT2D eigenvalue weighted by Gasteiger charge is 2.38. The van der Waals surface area contributed by atoms with Crippen LogP contribution in [0, 0.1) is 17.7 Å². The van der Waals surface area contributed by atoms with Gasteiger partial charge in [-0.3, -0.25) is 4.72 Å². The smallest absolute Gasteiger partial charge is 0.478 e. The molecular weight excluding hydrogens is 510 g/mol. The summed E-state index contributed by atoms with van der Waals surface area (Å²) in [6.07, 6.45) is -3.81. The van der Waals surface area contributed by atoms with E-state index in [1.54, 1.807) is 0 Å². The van der Waals surface area contributed by atoms with Gasteiger partial charge in [-0.05, 0) is 36.1 Å². The summed E-state index contributed by atoms with van der Waals surface area (Å²) in [6.45, 7) is 9.31. The summed E-state index contributed by atoms with van der Waals surface area (Å²) in [5, 5.41) is 16.8. The van der Waals surface area contributed by atoms with Crippen LogP contribution < -0.4 is 9.62 Å². The second-order valence-corrected chi connectivity index (χ2v) is 10.1. The predicted molar refractivity (Wildman–Crippen MR) is 124 cm³/mol. The van der Waals surface area contributed by atoms with Crippen LogP contribution in [0.15, 0.2) is 41.4 Å². The number of nitrogens with zero attached hydrogens (tertiary/aromatic N) is 2. The van der Waals surface area contributed by atoms with Crippen molar-refractivity contribution in [3.8, 4) is 0 Å². The highest BCUT2D eigenvalue weighted by Crippen LogP contribution is 2.25. The summed E-state index contributed by atoms with van der Waals surface area (Å²) < 4.78 is 72.3. The Labute approximate surface area is 205 Å². The van der Waals surface area contributed by atoms with E-state index < -0.39 is 34.0 Å². The lowest BCUT2D eigenvalue weighted by atomic mass is 10.1. The Bertz CT molecular complexity index is 1160. The molecule has 0 atom stereocenters. The standard InChI is InChI=1S/C20H26FN3O4S.C2HF3O2/c1-13(2)11-24(12-14(3)4)19-18(20(25)26)9-16(10-22-19)23-29(27,28)17-7-5-6-15(21)8-17;3-2(4,5)1(6)7/h5-10,13-14,23H,11-12H2,1-4H3,(H,25,26);(H,6,7). The molecule has 9 nitrogen and oxygen atoms in total. The monoisotopic (exact) mass is 537 g/mol. The van der Waals surface area contributed by atoms with E-state index in [-0.39, 0.29) is 33.8 Å². The molecule has 2 aromatic rings. The first kappa shape index (κ1) is 30.6. The lowest BCUT2D eigenvalue weighted by Gasteiger charge is -2.28. The van der Waals surface area contributed by atoms with Gasteiger partial charge < -0.3 is 15.1 Å². The number of rotatable bonds is 9. The molecule has 0 amide bonds. The minimum Gasteiger partial charge on any atom is -0.478 e. The van der Waals surface area contributed by atoms with Crippen molar-refractivity contribution in [1.29, 1.82) is 0 Å². The number of anilines is 2. The average molecular weight is 538 g/mol. The third kappa shape index (κ3) is 9.68. The van der Waals surface area contributed by atoms with Gasteiger partial charge in [0.25, 0.3) is 10.0 Å². The minimum absolute atomic E-state index is 0.00976. The van der Waals surface area contributed by atoms with Gasteiger partial charge in [-0.1, -0.05) is 33.8 Å². The number of carboxylic acid groups (broad SMARTS) is 2. The number of halogens is 4. The van der Waals surface area contributed by atoms with Gasteiger partial charge in [0.2, 0.25) is 0 Å².